The van der Waals surface area contributed by atoms with Crippen LogP contribution in [0.4, 0.5) is 4.39 Å². The van der Waals surface area contributed by atoms with Gasteiger partial charge in [0.15, 0.2) is 11.6 Å². The van der Waals surface area contributed by atoms with E-state index in [4.69, 9.17) is 9.47 Å². The van der Waals surface area contributed by atoms with Crippen LogP contribution in [0.5, 0.6) is 5.75 Å². The molecule has 4 fully saturated rings. The van der Waals surface area contributed by atoms with Crippen molar-refractivity contribution in [2.45, 2.75) is 49.5 Å². The van der Waals surface area contributed by atoms with E-state index in [9.17, 15) is 12.8 Å². The van der Waals surface area contributed by atoms with E-state index in [1.807, 2.05) is 0 Å². The van der Waals surface area contributed by atoms with E-state index in [2.05, 4.69) is 4.72 Å². The zero-order valence-corrected chi connectivity index (χ0v) is 16.7. The lowest BCUT2D eigenvalue weighted by Gasteiger charge is -2.60. The van der Waals surface area contributed by atoms with Gasteiger partial charge in [0.1, 0.15) is 0 Å². The maximum absolute atomic E-state index is 14.1. The van der Waals surface area contributed by atoms with Gasteiger partial charge in [0, 0.05) is 13.7 Å². The van der Waals surface area contributed by atoms with Crippen molar-refractivity contribution in [3.63, 3.8) is 0 Å². The molecule has 0 unspecified atom stereocenters. The fraction of sp³-hybridized carbons (Fsp3) is 0.700. The molecule has 7 heteroatoms. The Labute approximate surface area is 160 Å². The summed E-state index contributed by atoms with van der Waals surface area (Å²) < 4.78 is 53.5. The van der Waals surface area contributed by atoms with E-state index in [1.165, 1.54) is 18.6 Å². The zero-order chi connectivity index (χ0) is 19.2. The summed E-state index contributed by atoms with van der Waals surface area (Å²) in [6, 6.07) is 3.76. The molecule has 1 aromatic rings. The Hall–Kier alpha value is -1.18. The minimum Gasteiger partial charge on any atom is -0.491 e. The molecule has 27 heavy (non-hydrogen) atoms. The van der Waals surface area contributed by atoms with E-state index in [-0.39, 0.29) is 17.2 Å². The first kappa shape index (κ1) is 19.2. The number of ether oxygens (including phenoxy) is 2. The van der Waals surface area contributed by atoms with Gasteiger partial charge in [-0.05, 0) is 80.9 Å². The molecule has 0 atom stereocenters. The molecule has 150 valence electrons. The molecule has 0 aromatic heterocycles. The van der Waals surface area contributed by atoms with Gasteiger partial charge in [-0.15, -0.1) is 0 Å². The maximum atomic E-state index is 14.1. The Morgan fingerprint density at radius 3 is 2.30 bits per heavy atom. The highest BCUT2D eigenvalue weighted by atomic mass is 32.2. The average molecular weight is 398 g/mol. The zero-order valence-electron chi connectivity index (χ0n) is 15.9. The molecule has 4 saturated carbocycles. The van der Waals surface area contributed by atoms with E-state index in [0.717, 1.165) is 43.6 Å². The van der Waals surface area contributed by atoms with E-state index in [1.54, 1.807) is 14.0 Å². The van der Waals surface area contributed by atoms with Gasteiger partial charge in [0.05, 0.1) is 17.1 Å². The lowest BCUT2D eigenvalue weighted by molar-refractivity contribution is -0.185. The summed E-state index contributed by atoms with van der Waals surface area (Å²) in [5.74, 6) is 1.74. The van der Waals surface area contributed by atoms with Gasteiger partial charge in [0.25, 0.3) is 0 Å². The van der Waals surface area contributed by atoms with E-state index in [0.29, 0.717) is 18.4 Å². The number of methoxy groups -OCH3 is 1. The van der Waals surface area contributed by atoms with Crippen molar-refractivity contribution in [3.8, 4) is 5.75 Å². The summed E-state index contributed by atoms with van der Waals surface area (Å²) in [4.78, 5) is -0.0847. The van der Waals surface area contributed by atoms with Crippen molar-refractivity contribution in [3.05, 3.63) is 24.0 Å². The molecule has 4 bridgehead atoms. The number of hydrogen-bond acceptors (Lipinski definition) is 4. The number of benzene rings is 1. The van der Waals surface area contributed by atoms with Crippen LogP contribution < -0.4 is 9.46 Å². The molecular weight excluding hydrogens is 369 g/mol. The molecule has 0 saturated heterocycles. The van der Waals surface area contributed by atoms with Gasteiger partial charge in [-0.25, -0.2) is 17.5 Å². The lowest BCUT2D eigenvalue weighted by atomic mass is 9.50. The largest absolute Gasteiger partial charge is 0.491 e. The monoisotopic (exact) mass is 397 g/mol. The second kappa shape index (κ2) is 7.01. The molecule has 5 rings (SSSR count). The maximum Gasteiger partial charge on any atom is 0.240 e. The van der Waals surface area contributed by atoms with Crippen LogP contribution in [0.3, 0.4) is 0 Å². The standard InChI is InChI=1S/C20H28FNO4S/c1-3-26-19-5-4-17(11-18(19)21)27(23,24)22-12-20(25-2)15-7-13-6-14(9-15)10-16(20)8-13/h4-5,11,13-16,22H,3,6-10,12H2,1-2H3. The van der Waals surface area contributed by atoms with Crippen molar-refractivity contribution in [1.82, 2.24) is 4.72 Å². The number of sulfonamides is 1. The summed E-state index contributed by atoms with van der Waals surface area (Å²) >= 11 is 0. The molecule has 0 radical (unpaired) electrons. The summed E-state index contributed by atoms with van der Waals surface area (Å²) in [7, 11) is -2.12. The third-order valence-electron chi connectivity index (χ3n) is 6.95. The number of halogens is 1. The lowest BCUT2D eigenvalue weighted by Crippen LogP contribution is -2.63. The third kappa shape index (κ3) is 3.28. The van der Waals surface area contributed by atoms with Crippen molar-refractivity contribution < 1.29 is 22.3 Å². The van der Waals surface area contributed by atoms with Gasteiger partial charge in [-0.2, -0.15) is 0 Å². The first-order chi connectivity index (χ1) is 12.9. The Bertz CT molecular complexity index is 782. The van der Waals surface area contributed by atoms with Crippen LogP contribution in [0.2, 0.25) is 0 Å². The van der Waals surface area contributed by atoms with Gasteiger partial charge in [-0.1, -0.05) is 0 Å². The molecule has 0 spiro atoms. The molecule has 4 aliphatic rings. The Balaban J connectivity index is 1.52. The number of nitrogens with one attached hydrogen (secondary N) is 1. The molecular formula is C20H28FNO4S. The molecule has 1 aromatic carbocycles. The van der Waals surface area contributed by atoms with Crippen molar-refractivity contribution >= 4 is 10.0 Å². The first-order valence-electron chi connectivity index (χ1n) is 9.85. The van der Waals surface area contributed by atoms with Crippen molar-refractivity contribution in [2.75, 3.05) is 20.3 Å². The summed E-state index contributed by atoms with van der Waals surface area (Å²) in [6.45, 7) is 2.32. The van der Waals surface area contributed by atoms with Crippen LogP contribution in [0.1, 0.15) is 39.0 Å². The summed E-state index contributed by atoms with van der Waals surface area (Å²) in [6.07, 6.45) is 5.82. The molecule has 4 aliphatic carbocycles. The van der Waals surface area contributed by atoms with Gasteiger partial charge in [0.2, 0.25) is 10.0 Å². The molecule has 5 nitrogen and oxygen atoms in total. The minimum atomic E-state index is -3.82. The predicted octanol–water partition coefficient (Wildman–Crippen LogP) is 3.34. The second-order valence-electron chi connectivity index (χ2n) is 8.31. The summed E-state index contributed by atoms with van der Waals surface area (Å²) in [5, 5.41) is 0. The number of hydrogen-bond donors (Lipinski definition) is 1. The average Bonchev–Trinajstić information content (AvgIpc) is 2.63. The SMILES string of the molecule is CCOc1ccc(S(=O)(=O)NCC2(OC)C3CC4CC(C3)CC2C4)cc1F. The Morgan fingerprint density at radius 2 is 1.78 bits per heavy atom. The quantitative estimate of drug-likeness (QED) is 0.766. The third-order valence-corrected chi connectivity index (χ3v) is 8.35. The van der Waals surface area contributed by atoms with Crippen LogP contribution in [-0.4, -0.2) is 34.3 Å². The highest BCUT2D eigenvalue weighted by Gasteiger charge is 2.57. The number of rotatable bonds is 7. The Kier molecular flexibility index (Phi) is 4.97. The van der Waals surface area contributed by atoms with Gasteiger partial charge >= 0.3 is 0 Å². The van der Waals surface area contributed by atoms with Crippen molar-refractivity contribution in [2.24, 2.45) is 23.7 Å². The molecule has 0 aliphatic heterocycles. The molecule has 1 N–H and O–H groups in total. The van der Waals surface area contributed by atoms with Crippen LogP contribution >= 0.6 is 0 Å². The topological polar surface area (TPSA) is 64.6 Å². The fourth-order valence-electron chi connectivity index (χ4n) is 5.89. The van der Waals surface area contributed by atoms with E-state index < -0.39 is 21.4 Å². The highest BCUT2D eigenvalue weighted by Crippen LogP contribution is 2.59. The first-order valence-corrected chi connectivity index (χ1v) is 11.3. The normalized spacial score (nSPS) is 34.8. The van der Waals surface area contributed by atoms with Gasteiger partial charge < -0.3 is 9.47 Å². The van der Waals surface area contributed by atoms with Crippen LogP contribution in [-0.2, 0) is 14.8 Å². The smallest absolute Gasteiger partial charge is 0.240 e. The summed E-state index contributed by atoms with van der Waals surface area (Å²) in [5.41, 5.74) is -0.440. The van der Waals surface area contributed by atoms with E-state index >= 15 is 0 Å². The predicted molar refractivity (Wildman–Crippen MR) is 99.5 cm³/mol. The fourth-order valence-corrected chi connectivity index (χ4v) is 6.98. The minimum absolute atomic E-state index is 0.0610. The molecule has 0 heterocycles. The Morgan fingerprint density at radius 1 is 1.15 bits per heavy atom. The second-order valence-corrected chi connectivity index (χ2v) is 10.1. The van der Waals surface area contributed by atoms with Crippen LogP contribution in [0, 0.1) is 29.5 Å². The highest BCUT2D eigenvalue weighted by molar-refractivity contribution is 7.89. The van der Waals surface area contributed by atoms with Crippen LogP contribution in [0.25, 0.3) is 0 Å². The van der Waals surface area contributed by atoms with Gasteiger partial charge in [-0.3, -0.25) is 0 Å². The molecule has 0 amide bonds. The van der Waals surface area contributed by atoms with Crippen molar-refractivity contribution in [1.29, 1.82) is 0 Å². The van der Waals surface area contributed by atoms with Crippen LogP contribution in [0.15, 0.2) is 23.1 Å².